The number of ether oxygens (including phenoxy) is 1. The third-order valence-corrected chi connectivity index (χ3v) is 3.24. The highest BCUT2D eigenvalue weighted by Gasteiger charge is 2.16. The van der Waals surface area contributed by atoms with Crippen LogP contribution in [0.15, 0.2) is 42.5 Å². The minimum absolute atomic E-state index is 0.418. The van der Waals surface area contributed by atoms with Crippen molar-refractivity contribution in [3.63, 3.8) is 0 Å². The van der Waals surface area contributed by atoms with Gasteiger partial charge in [0.25, 0.3) is 0 Å². The number of nitrogens with zero attached hydrogens (tertiary/aromatic N) is 1. The Morgan fingerprint density at radius 1 is 1.21 bits per heavy atom. The minimum atomic E-state index is -0.418. The molecule has 2 aromatic rings. The van der Waals surface area contributed by atoms with Crippen LogP contribution in [0.5, 0.6) is 5.75 Å². The molecule has 0 saturated heterocycles. The fourth-order valence-corrected chi connectivity index (χ4v) is 2.20. The third kappa shape index (κ3) is 2.81. The molecular formula is C15H13ClN2O. The molecular weight excluding hydrogens is 260 g/mol. The van der Waals surface area contributed by atoms with Crippen LogP contribution in [0.2, 0.25) is 5.02 Å². The molecule has 2 aromatic carbocycles. The maximum absolute atomic E-state index is 9.38. The van der Waals surface area contributed by atoms with E-state index in [-0.39, 0.29) is 0 Å². The van der Waals surface area contributed by atoms with Crippen LogP contribution in [0.4, 0.5) is 5.69 Å². The molecule has 0 aliphatic carbocycles. The van der Waals surface area contributed by atoms with Crippen molar-refractivity contribution in [2.45, 2.75) is 5.92 Å². The Morgan fingerprint density at radius 2 is 1.89 bits per heavy atom. The van der Waals surface area contributed by atoms with E-state index < -0.39 is 5.92 Å². The SMILES string of the molecule is COc1ccc(C(C#N)c2ccc(N)cc2Cl)cc1. The molecule has 0 saturated carbocycles. The Bertz CT molecular complexity index is 617. The van der Waals surface area contributed by atoms with Gasteiger partial charge in [0.15, 0.2) is 0 Å². The van der Waals surface area contributed by atoms with Crippen LogP contribution in [-0.4, -0.2) is 7.11 Å². The van der Waals surface area contributed by atoms with Gasteiger partial charge in [-0.05, 0) is 35.4 Å². The Balaban J connectivity index is 2.41. The van der Waals surface area contributed by atoms with Gasteiger partial charge in [-0.1, -0.05) is 29.8 Å². The van der Waals surface area contributed by atoms with E-state index in [1.807, 2.05) is 24.3 Å². The van der Waals surface area contributed by atoms with Crippen molar-refractivity contribution >= 4 is 17.3 Å². The largest absolute Gasteiger partial charge is 0.497 e. The Labute approximate surface area is 117 Å². The van der Waals surface area contributed by atoms with Gasteiger partial charge in [-0.25, -0.2) is 0 Å². The van der Waals surface area contributed by atoms with Crippen LogP contribution in [0.1, 0.15) is 17.0 Å². The van der Waals surface area contributed by atoms with Crippen LogP contribution >= 0.6 is 11.6 Å². The average molecular weight is 273 g/mol. The normalized spacial score (nSPS) is 11.6. The van der Waals surface area contributed by atoms with Crippen LogP contribution in [0, 0.1) is 11.3 Å². The standard InChI is InChI=1S/C15H13ClN2O/c1-19-12-5-2-10(3-6-12)14(9-17)13-7-4-11(18)8-15(13)16/h2-8,14H,18H2,1H3. The monoisotopic (exact) mass is 272 g/mol. The van der Waals surface area contributed by atoms with Crippen molar-refractivity contribution in [2.24, 2.45) is 0 Å². The van der Waals surface area contributed by atoms with Crippen LogP contribution in [0.3, 0.4) is 0 Å². The molecule has 0 heterocycles. The van der Waals surface area contributed by atoms with Crippen molar-refractivity contribution in [3.05, 3.63) is 58.6 Å². The van der Waals surface area contributed by atoms with Crippen molar-refractivity contribution in [2.75, 3.05) is 12.8 Å². The minimum Gasteiger partial charge on any atom is -0.497 e. The van der Waals surface area contributed by atoms with E-state index in [4.69, 9.17) is 22.1 Å². The number of halogens is 1. The summed E-state index contributed by atoms with van der Waals surface area (Å²) < 4.78 is 5.10. The summed E-state index contributed by atoms with van der Waals surface area (Å²) in [5.41, 5.74) is 7.87. The molecule has 0 aliphatic rings. The lowest BCUT2D eigenvalue weighted by atomic mass is 9.92. The first-order valence-corrected chi connectivity index (χ1v) is 6.12. The molecule has 1 atom stereocenters. The quantitative estimate of drug-likeness (QED) is 0.869. The van der Waals surface area contributed by atoms with Gasteiger partial charge in [-0.2, -0.15) is 5.26 Å². The van der Waals surface area contributed by atoms with E-state index in [2.05, 4.69) is 6.07 Å². The molecule has 0 amide bonds. The summed E-state index contributed by atoms with van der Waals surface area (Å²) in [6.45, 7) is 0. The summed E-state index contributed by atoms with van der Waals surface area (Å²) in [7, 11) is 1.60. The molecule has 0 spiro atoms. The molecule has 0 fully saturated rings. The molecule has 0 aromatic heterocycles. The van der Waals surface area contributed by atoms with Gasteiger partial charge in [0.05, 0.1) is 19.1 Å². The Kier molecular flexibility index (Phi) is 3.94. The van der Waals surface area contributed by atoms with Gasteiger partial charge in [0.1, 0.15) is 5.75 Å². The van der Waals surface area contributed by atoms with Crippen molar-refractivity contribution in [1.82, 2.24) is 0 Å². The number of anilines is 1. The lowest BCUT2D eigenvalue weighted by molar-refractivity contribution is 0.414. The second-order valence-electron chi connectivity index (χ2n) is 4.12. The second-order valence-corrected chi connectivity index (χ2v) is 4.52. The van der Waals surface area contributed by atoms with Gasteiger partial charge in [0.2, 0.25) is 0 Å². The summed E-state index contributed by atoms with van der Waals surface area (Å²) >= 11 is 6.16. The Morgan fingerprint density at radius 3 is 2.42 bits per heavy atom. The highest BCUT2D eigenvalue weighted by molar-refractivity contribution is 6.31. The summed E-state index contributed by atoms with van der Waals surface area (Å²) in [5.74, 6) is 0.336. The van der Waals surface area contributed by atoms with E-state index >= 15 is 0 Å². The number of nitrogens with two attached hydrogens (primary N) is 1. The maximum Gasteiger partial charge on any atom is 0.118 e. The van der Waals surface area contributed by atoms with E-state index in [9.17, 15) is 5.26 Å². The number of rotatable bonds is 3. The predicted molar refractivity (Wildman–Crippen MR) is 76.3 cm³/mol. The zero-order valence-corrected chi connectivity index (χ0v) is 11.2. The van der Waals surface area contributed by atoms with Gasteiger partial charge < -0.3 is 10.5 Å². The number of benzene rings is 2. The molecule has 2 rings (SSSR count). The van der Waals surface area contributed by atoms with Crippen molar-refractivity contribution < 1.29 is 4.74 Å². The van der Waals surface area contributed by atoms with E-state index in [0.29, 0.717) is 10.7 Å². The summed E-state index contributed by atoms with van der Waals surface area (Å²) in [6, 6.07) is 14.8. The van der Waals surface area contributed by atoms with Crippen molar-refractivity contribution in [3.8, 4) is 11.8 Å². The molecule has 19 heavy (non-hydrogen) atoms. The lowest BCUT2D eigenvalue weighted by Crippen LogP contribution is -2.00. The summed E-state index contributed by atoms with van der Waals surface area (Å²) in [6.07, 6.45) is 0. The molecule has 0 aliphatic heterocycles. The first-order valence-electron chi connectivity index (χ1n) is 5.74. The fourth-order valence-electron chi connectivity index (χ4n) is 1.90. The van der Waals surface area contributed by atoms with Gasteiger partial charge in [0, 0.05) is 10.7 Å². The number of nitrogen functional groups attached to an aromatic ring is 1. The van der Waals surface area contributed by atoms with Gasteiger partial charge >= 0.3 is 0 Å². The molecule has 0 bridgehead atoms. The highest BCUT2D eigenvalue weighted by Crippen LogP contribution is 2.31. The number of nitriles is 1. The maximum atomic E-state index is 9.38. The third-order valence-electron chi connectivity index (χ3n) is 2.91. The van der Waals surface area contributed by atoms with E-state index in [0.717, 1.165) is 16.9 Å². The molecule has 96 valence electrons. The first-order chi connectivity index (χ1) is 9.15. The second kappa shape index (κ2) is 5.64. The number of hydrogen-bond donors (Lipinski definition) is 1. The zero-order chi connectivity index (χ0) is 13.8. The highest BCUT2D eigenvalue weighted by atomic mass is 35.5. The van der Waals surface area contributed by atoms with Gasteiger partial charge in [-0.15, -0.1) is 0 Å². The first kappa shape index (κ1) is 13.3. The number of hydrogen-bond acceptors (Lipinski definition) is 3. The van der Waals surface area contributed by atoms with E-state index in [1.165, 1.54) is 0 Å². The smallest absolute Gasteiger partial charge is 0.118 e. The topological polar surface area (TPSA) is 59.0 Å². The molecule has 0 radical (unpaired) electrons. The predicted octanol–water partition coefficient (Wildman–Crippen LogP) is 3.59. The van der Waals surface area contributed by atoms with E-state index in [1.54, 1.807) is 25.3 Å². The fraction of sp³-hybridized carbons (Fsp3) is 0.133. The Hall–Kier alpha value is -2.18. The molecule has 3 nitrogen and oxygen atoms in total. The summed E-state index contributed by atoms with van der Waals surface area (Å²) in [4.78, 5) is 0. The molecule has 4 heteroatoms. The molecule has 1 unspecified atom stereocenters. The average Bonchev–Trinajstić information content (AvgIpc) is 2.42. The summed E-state index contributed by atoms with van der Waals surface area (Å²) in [5, 5.41) is 9.88. The van der Waals surface area contributed by atoms with Gasteiger partial charge in [-0.3, -0.25) is 0 Å². The van der Waals surface area contributed by atoms with Crippen LogP contribution in [-0.2, 0) is 0 Å². The molecule has 2 N–H and O–H groups in total. The lowest BCUT2D eigenvalue weighted by Gasteiger charge is -2.12. The van der Waals surface area contributed by atoms with Crippen molar-refractivity contribution in [1.29, 1.82) is 5.26 Å². The van der Waals surface area contributed by atoms with Crippen LogP contribution in [0.25, 0.3) is 0 Å². The van der Waals surface area contributed by atoms with Crippen LogP contribution < -0.4 is 10.5 Å². The zero-order valence-electron chi connectivity index (χ0n) is 10.4. The number of methoxy groups -OCH3 is 1.